The largest absolute Gasteiger partial charge is 0.327 e. The number of nitrogens with two attached hydrogens (primary N) is 1. The predicted octanol–water partition coefficient (Wildman–Crippen LogP) is 3.59. The van der Waals surface area contributed by atoms with Gasteiger partial charge in [-0.15, -0.1) is 0 Å². The summed E-state index contributed by atoms with van der Waals surface area (Å²) >= 11 is 0. The van der Waals surface area contributed by atoms with E-state index in [0.29, 0.717) is 42.2 Å². The van der Waals surface area contributed by atoms with Gasteiger partial charge in [0, 0.05) is 25.1 Å². The number of rotatable bonds is 4. The summed E-state index contributed by atoms with van der Waals surface area (Å²) in [7, 11) is 0. The fraction of sp³-hybridized carbons (Fsp3) is 0.304. The molecular weight excluding hydrogens is 405 g/mol. The molecule has 0 atom stereocenters. The minimum absolute atomic E-state index is 0.101. The van der Waals surface area contributed by atoms with Gasteiger partial charge < -0.3 is 15.2 Å². The Bertz CT molecular complexity index is 1140. The fourth-order valence-electron chi connectivity index (χ4n) is 4.20. The highest BCUT2D eigenvalue weighted by molar-refractivity contribution is 5.79. The summed E-state index contributed by atoms with van der Waals surface area (Å²) in [6.07, 6.45) is 0.303. The van der Waals surface area contributed by atoms with Crippen LogP contribution < -0.4 is 5.73 Å². The molecule has 2 aromatic carbocycles. The molecule has 1 amide bonds. The molecule has 0 spiro atoms. The summed E-state index contributed by atoms with van der Waals surface area (Å²) in [6, 6.07) is 9.77. The maximum absolute atomic E-state index is 13.8. The summed E-state index contributed by atoms with van der Waals surface area (Å²) in [5.74, 6) is -1.70. The quantitative estimate of drug-likeness (QED) is 0.691. The molecule has 0 saturated carbocycles. The molecule has 0 unspecified atom stereocenters. The highest BCUT2D eigenvalue weighted by atomic mass is 19.2. The Morgan fingerprint density at radius 3 is 2.42 bits per heavy atom. The average Bonchev–Trinajstić information content (AvgIpc) is 3.10. The molecule has 0 aliphatic carbocycles. The average molecular weight is 428 g/mol. The molecule has 0 saturated heterocycles. The van der Waals surface area contributed by atoms with Gasteiger partial charge in [0.1, 0.15) is 11.6 Å². The summed E-state index contributed by atoms with van der Waals surface area (Å²) in [5, 5.41) is 0. The van der Waals surface area contributed by atoms with Gasteiger partial charge in [-0.05, 0) is 55.8 Å². The van der Waals surface area contributed by atoms with Crippen LogP contribution >= 0.6 is 0 Å². The zero-order chi connectivity index (χ0) is 22.3. The van der Waals surface area contributed by atoms with Crippen molar-refractivity contribution in [1.29, 1.82) is 0 Å². The van der Waals surface area contributed by atoms with Crippen molar-refractivity contribution in [2.45, 2.75) is 32.4 Å². The van der Waals surface area contributed by atoms with Gasteiger partial charge in [0.15, 0.2) is 11.6 Å². The molecule has 2 N–H and O–H groups in total. The molecule has 0 bridgehead atoms. The summed E-state index contributed by atoms with van der Waals surface area (Å²) in [4.78, 5) is 18.9. The van der Waals surface area contributed by atoms with E-state index in [1.165, 1.54) is 24.3 Å². The van der Waals surface area contributed by atoms with Crippen LogP contribution in [0.2, 0.25) is 0 Å². The Balaban J connectivity index is 1.86. The van der Waals surface area contributed by atoms with E-state index in [0.717, 1.165) is 11.8 Å². The molecular formula is C23H23F3N4O. The first kappa shape index (κ1) is 21.1. The second kappa shape index (κ2) is 7.85. The van der Waals surface area contributed by atoms with Crippen LogP contribution in [0.4, 0.5) is 13.2 Å². The number of hydrogen-bond donors (Lipinski definition) is 1. The maximum Gasteiger partial charge on any atom is 0.237 e. The number of aromatic nitrogens is 2. The lowest BCUT2D eigenvalue weighted by molar-refractivity contribution is -0.137. The number of amides is 1. The second-order valence-electron chi connectivity index (χ2n) is 8.12. The molecule has 1 aliphatic heterocycles. The van der Waals surface area contributed by atoms with E-state index >= 15 is 0 Å². The SMILES string of the molecule is CC1(C)c2nc(-c3ccc(F)cc3)c(Cc3ccc(F)c(F)c3)n2CCN1C(=O)CN. The molecule has 2 heterocycles. The number of benzene rings is 2. The van der Waals surface area contributed by atoms with Crippen molar-refractivity contribution in [3.8, 4) is 11.3 Å². The number of hydrogen-bond acceptors (Lipinski definition) is 3. The molecule has 0 fully saturated rings. The lowest BCUT2D eigenvalue weighted by Gasteiger charge is -2.42. The minimum Gasteiger partial charge on any atom is -0.327 e. The van der Waals surface area contributed by atoms with Crippen LogP contribution in [0.15, 0.2) is 42.5 Å². The molecule has 8 heteroatoms. The first-order valence-electron chi connectivity index (χ1n) is 10.0. The first-order chi connectivity index (χ1) is 14.7. The molecule has 3 aromatic rings. The number of imidazole rings is 1. The van der Waals surface area contributed by atoms with Gasteiger partial charge in [-0.2, -0.15) is 0 Å². The second-order valence-corrected chi connectivity index (χ2v) is 8.12. The lowest BCUT2D eigenvalue weighted by Crippen LogP contribution is -2.53. The van der Waals surface area contributed by atoms with Crippen molar-refractivity contribution in [3.63, 3.8) is 0 Å². The molecule has 1 aliphatic rings. The van der Waals surface area contributed by atoms with Crippen LogP contribution in [-0.4, -0.2) is 33.4 Å². The van der Waals surface area contributed by atoms with Crippen molar-refractivity contribution in [3.05, 3.63) is 77.0 Å². The number of halogens is 3. The highest BCUT2D eigenvalue weighted by Gasteiger charge is 2.40. The zero-order valence-corrected chi connectivity index (χ0v) is 17.3. The topological polar surface area (TPSA) is 64.2 Å². The van der Waals surface area contributed by atoms with Crippen LogP contribution in [0.3, 0.4) is 0 Å². The van der Waals surface area contributed by atoms with Crippen LogP contribution in [0.1, 0.15) is 30.9 Å². The molecule has 5 nitrogen and oxygen atoms in total. The third-order valence-corrected chi connectivity index (χ3v) is 5.79. The smallest absolute Gasteiger partial charge is 0.237 e. The van der Waals surface area contributed by atoms with Crippen molar-refractivity contribution >= 4 is 5.91 Å². The van der Waals surface area contributed by atoms with Gasteiger partial charge in [-0.3, -0.25) is 4.79 Å². The zero-order valence-electron chi connectivity index (χ0n) is 17.3. The van der Waals surface area contributed by atoms with Crippen molar-refractivity contribution in [1.82, 2.24) is 14.5 Å². The Morgan fingerprint density at radius 2 is 1.77 bits per heavy atom. The molecule has 31 heavy (non-hydrogen) atoms. The monoisotopic (exact) mass is 428 g/mol. The van der Waals surface area contributed by atoms with Crippen molar-refractivity contribution in [2.75, 3.05) is 13.1 Å². The lowest BCUT2D eigenvalue weighted by atomic mass is 9.98. The fourth-order valence-corrected chi connectivity index (χ4v) is 4.20. The predicted molar refractivity (Wildman–Crippen MR) is 111 cm³/mol. The number of carbonyl (C=O) groups is 1. The van der Waals surface area contributed by atoms with Gasteiger partial charge in [-0.1, -0.05) is 6.07 Å². The highest BCUT2D eigenvalue weighted by Crippen LogP contribution is 2.37. The number of fused-ring (bicyclic) bond motifs is 1. The van der Waals surface area contributed by atoms with Crippen LogP contribution in [0.5, 0.6) is 0 Å². The summed E-state index contributed by atoms with van der Waals surface area (Å²) in [6.45, 7) is 4.62. The standard InChI is InChI=1S/C23H23F3N4O/c1-23(2)22-28-21(15-4-6-16(24)7-5-15)19(12-14-3-8-17(25)18(26)11-14)29(22)9-10-30(23)20(31)13-27/h3-8,11H,9-10,12-13,27H2,1-2H3. The summed E-state index contributed by atoms with van der Waals surface area (Å²) < 4.78 is 42.7. The third kappa shape index (κ3) is 3.72. The minimum atomic E-state index is -0.917. The first-order valence-corrected chi connectivity index (χ1v) is 10.0. The van der Waals surface area contributed by atoms with Crippen molar-refractivity contribution < 1.29 is 18.0 Å². The van der Waals surface area contributed by atoms with E-state index in [4.69, 9.17) is 10.7 Å². The van der Waals surface area contributed by atoms with Crippen LogP contribution in [0, 0.1) is 17.5 Å². The molecule has 1 aromatic heterocycles. The Kier molecular flexibility index (Phi) is 5.35. The van der Waals surface area contributed by atoms with Gasteiger partial charge in [0.05, 0.1) is 23.5 Å². The van der Waals surface area contributed by atoms with E-state index in [1.807, 2.05) is 18.4 Å². The van der Waals surface area contributed by atoms with E-state index < -0.39 is 17.2 Å². The van der Waals surface area contributed by atoms with Gasteiger partial charge in [-0.25, -0.2) is 18.2 Å². The van der Waals surface area contributed by atoms with Gasteiger partial charge in [0.2, 0.25) is 5.91 Å². The molecule has 162 valence electrons. The van der Waals surface area contributed by atoms with E-state index in [-0.39, 0.29) is 18.3 Å². The number of carbonyl (C=O) groups excluding carboxylic acids is 1. The van der Waals surface area contributed by atoms with Crippen molar-refractivity contribution in [2.24, 2.45) is 5.73 Å². The molecule has 4 rings (SSSR count). The summed E-state index contributed by atoms with van der Waals surface area (Å²) in [5.41, 5.74) is 7.57. The van der Waals surface area contributed by atoms with Crippen LogP contribution in [-0.2, 0) is 23.3 Å². The Hall–Kier alpha value is -3.13. The van der Waals surface area contributed by atoms with Gasteiger partial charge in [0.25, 0.3) is 0 Å². The maximum atomic E-state index is 13.8. The van der Waals surface area contributed by atoms with E-state index in [9.17, 15) is 18.0 Å². The normalized spacial score (nSPS) is 15.1. The molecule has 0 radical (unpaired) electrons. The third-order valence-electron chi connectivity index (χ3n) is 5.79. The Morgan fingerprint density at radius 1 is 1.06 bits per heavy atom. The van der Waals surface area contributed by atoms with E-state index in [1.54, 1.807) is 17.0 Å². The number of nitrogens with zero attached hydrogens (tertiary/aromatic N) is 3. The van der Waals surface area contributed by atoms with Crippen LogP contribution in [0.25, 0.3) is 11.3 Å². The Labute approximate surface area is 178 Å². The van der Waals surface area contributed by atoms with Gasteiger partial charge >= 0.3 is 0 Å². The van der Waals surface area contributed by atoms with E-state index in [2.05, 4.69) is 0 Å².